The molecule has 7 heteroatoms. The van der Waals surface area contributed by atoms with E-state index in [2.05, 4.69) is 5.32 Å². The van der Waals surface area contributed by atoms with Gasteiger partial charge in [-0.15, -0.1) is 0 Å². The van der Waals surface area contributed by atoms with Gasteiger partial charge in [0.15, 0.2) is 0 Å². The van der Waals surface area contributed by atoms with Gasteiger partial charge in [-0.05, 0) is 17.7 Å². The van der Waals surface area contributed by atoms with E-state index in [1.807, 2.05) is 24.3 Å². The molecule has 1 aliphatic rings. The Labute approximate surface area is 129 Å². The van der Waals surface area contributed by atoms with E-state index in [1.165, 1.54) is 0 Å². The maximum Gasteiger partial charge on any atom is 0.312 e. The molecule has 0 unspecified atom stereocenters. The number of urea groups is 1. The van der Waals surface area contributed by atoms with Gasteiger partial charge in [-0.3, -0.25) is 4.79 Å². The molecule has 22 heavy (non-hydrogen) atoms. The van der Waals surface area contributed by atoms with Crippen LogP contribution in [-0.2, 0) is 16.0 Å². The summed E-state index contributed by atoms with van der Waals surface area (Å²) in [5.41, 5.74) is 6.06. The summed E-state index contributed by atoms with van der Waals surface area (Å²) in [5.74, 6) is 0.643. The zero-order chi connectivity index (χ0) is 15.9. The molecular formula is C15H21N3O4. The average molecular weight is 307 g/mol. The lowest BCUT2D eigenvalue weighted by Crippen LogP contribution is -2.50. The Bertz CT molecular complexity index is 535. The largest absolute Gasteiger partial charge is 0.497 e. The number of carbonyl (C=O) groups excluding carboxylic acids is 2. The van der Waals surface area contributed by atoms with Gasteiger partial charge in [0.25, 0.3) is 0 Å². The van der Waals surface area contributed by atoms with Crippen molar-refractivity contribution >= 4 is 11.9 Å². The van der Waals surface area contributed by atoms with E-state index in [-0.39, 0.29) is 18.6 Å². The molecule has 1 aromatic carbocycles. The number of carbonyl (C=O) groups is 2. The van der Waals surface area contributed by atoms with E-state index in [4.69, 9.17) is 15.2 Å². The summed E-state index contributed by atoms with van der Waals surface area (Å²) in [6, 6.07) is 7.07. The molecule has 1 fully saturated rings. The van der Waals surface area contributed by atoms with Gasteiger partial charge in [0.2, 0.25) is 5.91 Å². The molecule has 0 saturated carbocycles. The van der Waals surface area contributed by atoms with Crippen LogP contribution in [0.15, 0.2) is 24.3 Å². The lowest BCUT2D eigenvalue weighted by atomic mass is 10.1. The number of rotatable bonds is 5. The minimum atomic E-state index is -0.699. The summed E-state index contributed by atoms with van der Waals surface area (Å²) in [5, 5.41) is 2.31. The highest BCUT2D eigenvalue weighted by Gasteiger charge is 2.24. The molecule has 0 spiro atoms. The monoisotopic (exact) mass is 307 g/mol. The molecule has 1 heterocycles. The van der Waals surface area contributed by atoms with Crippen LogP contribution in [0.4, 0.5) is 4.79 Å². The van der Waals surface area contributed by atoms with Crippen LogP contribution in [0.1, 0.15) is 5.56 Å². The zero-order valence-corrected chi connectivity index (χ0v) is 12.6. The van der Waals surface area contributed by atoms with Crippen molar-refractivity contribution in [2.24, 2.45) is 5.73 Å². The van der Waals surface area contributed by atoms with Gasteiger partial charge in [-0.1, -0.05) is 12.1 Å². The van der Waals surface area contributed by atoms with Gasteiger partial charge in [0, 0.05) is 19.5 Å². The first kappa shape index (κ1) is 16.1. The van der Waals surface area contributed by atoms with Crippen LogP contribution < -0.4 is 15.8 Å². The lowest BCUT2D eigenvalue weighted by molar-refractivity contribution is -0.137. The minimum Gasteiger partial charge on any atom is -0.497 e. The molecular weight excluding hydrogens is 286 g/mol. The fourth-order valence-electron chi connectivity index (χ4n) is 2.41. The van der Waals surface area contributed by atoms with Gasteiger partial charge < -0.3 is 25.4 Å². The summed E-state index contributed by atoms with van der Waals surface area (Å²) >= 11 is 0. The number of hydrogen-bond acceptors (Lipinski definition) is 4. The Morgan fingerprint density at radius 3 is 3.05 bits per heavy atom. The highest BCUT2D eigenvalue weighted by Crippen LogP contribution is 2.17. The summed E-state index contributed by atoms with van der Waals surface area (Å²) in [6.07, 6.45) is 0.628. The Hall–Kier alpha value is -2.28. The number of morpholine rings is 1. The fraction of sp³-hybridized carbons (Fsp3) is 0.467. The molecule has 2 rings (SSSR count). The zero-order valence-electron chi connectivity index (χ0n) is 12.6. The quantitative estimate of drug-likeness (QED) is 0.808. The van der Waals surface area contributed by atoms with Gasteiger partial charge in [-0.2, -0.15) is 0 Å². The van der Waals surface area contributed by atoms with Crippen molar-refractivity contribution in [3.63, 3.8) is 0 Å². The fourth-order valence-corrected chi connectivity index (χ4v) is 2.41. The molecule has 0 radical (unpaired) electrons. The molecule has 1 atom stereocenters. The van der Waals surface area contributed by atoms with Crippen molar-refractivity contribution in [3.05, 3.63) is 29.8 Å². The van der Waals surface area contributed by atoms with E-state index >= 15 is 0 Å². The second-order valence-electron chi connectivity index (χ2n) is 5.11. The second-order valence-corrected chi connectivity index (χ2v) is 5.11. The highest BCUT2D eigenvalue weighted by atomic mass is 16.5. The molecule has 0 aliphatic carbocycles. The topological polar surface area (TPSA) is 93.9 Å². The molecule has 120 valence electrons. The minimum absolute atomic E-state index is 0.0709. The Morgan fingerprint density at radius 2 is 2.32 bits per heavy atom. The highest BCUT2D eigenvalue weighted by molar-refractivity contribution is 5.83. The Kier molecular flexibility index (Phi) is 5.60. The molecule has 1 aliphatic heterocycles. The summed E-state index contributed by atoms with van der Waals surface area (Å²) < 4.78 is 10.9. The predicted octanol–water partition coefficient (Wildman–Crippen LogP) is 0.133. The summed E-state index contributed by atoms with van der Waals surface area (Å²) in [4.78, 5) is 24.3. The van der Waals surface area contributed by atoms with Crippen molar-refractivity contribution in [3.8, 4) is 5.75 Å². The first-order valence-corrected chi connectivity index (χ1v) is 7.14. The van der Waals surface area contributed by atoms with Gasteiger partial charge >= 0.3 is 6.03 Å². The SMILES string of the molecule is COc1cccc(C[C@H]2CN(C(=O)CNC(N)=O)CCO2)c1. The van der Waals surface area contributed by atoms with Crippen LogP contribution in [0.3, 0.4) is 0 Å². The van der Waals surface area contributed by atoms with E-state index in [0.717, 1.165) is 11.3 Å². The van der Waals surface area contributed by atoms with Gasteiger partial charge in [0.1, 0.15) is 5.75 Å². The Morgan fingerprint density at radius 1 is 1.50 bits per heavy atom. The molecule has 7 nitrogen and oxygen atoms in total. The van der Waals surface area contributed by atoms with Gasteiger partial charge in [0.05, 0.1) is 26.4 Å². The number of ether oxygens (including phenoxy) is 2. The number of hydrogen-bond donors (Lipinski definition) is 2. The predicted molar refractivity (Wildman–Crippen MR) is 80.6 cm³/mol. The maximum absolute atomic E-state index is 12.0. The van der Waals surface area contributed by atoms with Crippen molar-refractivity contribution in [1.29, 1.82) is 0 Å². The molecule has 0 bridgehead atoms. The smallest absolute Gasteiger partial charge is 0.312 e. The maximum atomic E-state index is 12.0. The molecule has 3 N–H and O–H groups in total. The third-order valence-corrected chi connectivity index (χ3v) is 3.50. The van der Waals surface area contributed by atoms with Crippen LogP contribution >= 0.6 is 0 Å². The third-order valence-electron chi connectivity index (χ3n) is 3.50. The lowest BCUT2D eigenvalue weighted by Gasteiger charge is -2.33. The first-order valence-electron chi connectivity index (χ1n) is 7.14. The van der Waals surface area contributed by atoms with Crippen LogP contribution in [-0.4, -0.2) is 56.3 Å². The van der Waals surface area contributed by atoms with Crippen LogP contribution in [0, 0.1) is 0 Å². The second kappa shape index (κ2) is 7.65. The summed E-state index contributed by atoms with van der Waals surface area (Å²) in [7, 11) is 1.63. The first-order chi connectivity index (χ1) is 10.6. The van der Waals surface area contributed by atoms with E-state index in [1.54, 1.807) is 12.0 Å². The van der Waals surface area contributed by atoms with Crippen LogP contribution in [0.25, 0.3) is 0 Å². The third kappa shape index (κ3) is 4.63. The van der Waals surface area contributed by atoms with Crippen molar-refractivity contribution in [1.82, 2.24) is 10.2 Å². The van der Waals surface area contributed by atoms with Crippen molar-refractivity contribution < 1.29 is 19.1 Å². The number of benzene rings is 1. The van der Waals surface area contributed by atoms with Crippen LogP contribution in [0.2, 0.25) is 0 Å². The van der Waals surface area contributed by atoms with Gasteiger partial charge in [-0.25, -0.2) is 4.79 Å². The van der Waals surface area contributed by atoms with E-state index in [9.17, 15) is 9.59 Å². The van der Waals surface area contributed by atoms with Crippen molar-refractivity contribution in [2.75, 3.05) is 33.4 Å². The summed E-state index contributed by atoms with van der Waals surface area (Å²) in [6.45, 7) is 1.42. The Balaban J connectivity index is 1.89. The van der Waals surface area contributed by atoms with E-state index in [0.29, 0.717) is 26.1 Å². The average Bonchev–Trinajstić information content (AvgIpc) is 2.53. The number of methoxy groups -OCH3 is 1. The standard InChI is InChI=1S/C15H21N3O4/c1-21-12-4-2-3-11(7-12)8-13-10-18(5-6-22-13)14(19)9-17-15(16)20/h2-4,7,13H,5-6,8-10H2,1H3,(H3,16,17,20)/t13-/m0/s1. The normalized spacial score (nSPS) is 17.9. The molecule has 3 amide bonds. The number of nitrogens with two attached hydrogens (primary N) is 1. The van der Waals surface area contributed by atoms with Crippen molar-refractivity contribution in [2.45, 2.75) is 12.5 Å². The molecule has 1 saturated heterocycles. The number of nitrogens with one attached hydrogen (secondary N) is 1. The molecule has 0 aromatic heterocycles. The number of primary amides is 1. The van der Waals surface area contributed by atoms with E-state index < -0.39 is 6.03 Å². The van der Waals surface area contributed by atoms with Crippen LogP contribution in [0.5, 0.6) is 5.75 Å². The number of amides is 3. The number of nitrogens with zero attached hydrogens (tertiary/aromatic N) is 1. The molecule has 1 aromatic rings.